The van der Waals surface area contributed by atoms with Crippen LogP contribution < -0.4 is 0 Å². The van der Waals surface area contributed by atoms with Crippen LogP contribution in [0.15, 0.2) is 18.2 Å². The topological polar surface area (TPSA) is 94.7 Å². The molecule has 5 rings (SSSR count). The van der Waals surface area contributed by atoms with Gasteiger partial charge in [0.25, 0.3) is 5.91 Å². The Balaban J connectivity index is 1.22. The highest BCUT2D eigenvalue weighted by molar-refractivity contribution is 5.98. The van der Waals surface area contributed by atoms with E-state index in [1.165, 1.54) is 0 Å². The Hall–Kier alpha value is -2.52. The number of nitrogens with zero attached hydrogens (tertiary/aromatic N) is 5. The van der Waals surface area contributed by atoms with Crippen LogP contribution >= 0.6 is 0 Å². The number of benzene rings is 1. The van der Waals surface area contributed by atoms with Crippen molar-refractivity contribution in [3.63, 3.8) is 0 Å². The van der Waals surface area contributed by atoms with E-state index in [0.29, 0.717) is 24.2 Å². The first-order valence-electron chi connectivity index (χ1n) is 10.3. The number of hydrogen-bond acceptors (Lipinski definition) is 6. The van der Waals surface area contributed by atoms with E-state index in [1.807, 2.05) is 9.80 Å². The number of aromatic amines is 1. The van der Waals surface area contributed by atoms with Gasteiger partial charge in [0, 0.05) is 51.4 Å². The summed E-state index contributed by atoms with van der Waals surface area (Å²) in [5.74, 6) is 0.180. The van der Waals surface area contributed by atoms with Gasteiger partial charge in [-0.2, -0.15) is 15.4 Å². The molecule has 9 nitrogen and oxygen atoms in total. The summed E-state index contributed by atoms with van der Waals surface area (Å²) in [7, 11) is 0. The Labute approximate surface area is 169 Å². The third kappa shape index (κ3) is 3.38. The second-order valence-corrected chi connectivity index (χ2v) is 8.28. The van der Waals surface area contributed by atoms with Crippen LogP contribution in [0.1, 0.15) is 23.2 Å². The van der Waals surface area contributed by atoms with E-state index in [2.05, 4.69) is 20.3 Å². The summed E-state index contributed by atoms with van der Waals surface area (Å²) in [6.45, 7) is 6.99. The molecule has 2 amide bonds. The molecule has 1 spiro atoms. The molecule has 0 radical (unpaired) electrons. The molecular formula is C20H26N6O3. The lowest BCUT2D eigenvalue weighted by molar-refractivity contribution is -0.135. The number of H-pyrrole nitrogens is 1. The van der Waals surface area contributed by atoms with Crippen LogP contribution in [0.3, 0.4) is 0 Å². The minimum atomic E-state index is -0.404. The monoisotopic (exact) mass is 398 g/mol. The standard InChI is InChI=1S/C20H26N6O3/c27-18(15-1-2-16-17(13-15)22-23-21-16)26-6-4-20(14-26)3-5-25(19(20)28)8-7-24-9-11-29-12-10-24/h1-2,13H,3-12,14H2,(H,21,22,23). The third-order valence-corrected chi connectivity index (χ3v) is 6.60. The van der Waals surface area contributed by atoms with Crippen molar-refractivity contribution in [2.75, 3.05) is 59.0 Å². The van der Waals surface area contributed by atoms with Crippen molar-refractivity contribution in [3.8, 4) is 0 Å². The average molecular weight is 398 g/mol. The molecule has 1 aromatic carbocycles. The molecule has 1 N–H and O–H groups in total. The maximum Gasteiger partial charge on any atom is 0.253 e. The zero-order valence-corrected chi connectivity index (χ0v) is 16.5. The smallest absolute Gasteiger partial charge is 0.253 e. The molecule has 1 unspecified atom stereocenters. The Kier molecular flexibility index (Phi) is 4.71. The fourth-order valence-corrected chi connectivity index (χ4v) is 4.77. The number of hydrogen-bond donors (Lipinski definition) is 1. The fourth-order valence-electron chi connectivity index (χ4n) is 4.77. The lowest BCUT2D eigenvalue weighted by Gasteiger charge is -2.29. The largest absolute Gasteiger partial charge is 0.379 e. The lowest BCUT2D eigenvalue weighted by Crippen LogP contribution is -2.43. The summed E-state index contributed by atoms with van der Waals surface area (Å²) in [5, 5.41) is 10.7. The molecule has 0 aliphatic carbocycles. The van der Waals surface area contributed by atoms with Crippen molar-refractivity contribution < 1.29 is 14.3 Å². The predicted octanol–water partition coefficient (Wildman–Crippen LogP) is 0.355. The Morgan fingerprint density at radius 1 is 1.07 bits per heavy atom. The number of fused-ring (bicyclic) bond motifs is 1. The number of morpholine rings is 1. The van der Waals surface area contributed by atoms with E-state index in [0.717, 1.165) is 64.3 Å². The molecule has 0 bridgehead atoms. The van der Waals surface area contributed by atoms with E-state index < -0.39 is 5.41 Å². The van der Waals surface area contributed by atoms with E-state index in [1.54, 1.807) is 18.2 Å². The molecule has 1 aromatic heterocycles. The van der Waals surface area contributed by atoms with Crippen LogP contribution in [-0.4, -0.2) is 101 Å². The summed E-state index contributed by atoms with van der Waals surface area (Å²) < 4.78 is 5.39. The number of aromatic nitrogens is 3. The molecule has 4 heterocycles. The molecule has 3 aliphatic rings. The molecule has 3 saturated heterocycles. The van der Waals surface area contributed by atoms with Crippen LogP contribution in [0, 0.1) is 5.41 Å². The van der Waals surface area contributed by atoms with E-state index in [9.17, 15) is 9.59 Å². The molecule has 29 heavy (non-hydrogen) atoms. The minimum Gasteiger partial charge on any atom is -0.379 e. The van der Waals surface area contributed by atoms with E-state index in [-0.39, 0.29) is 11.8 Å². The van der Waals surface area contributed by atoms with Crippen molar-refractivity contribution in [2.45, 2.75) is 12.8 Å². The van der Waals surface area contributed by atoms with Crippen LogP contribution in [0.4, 0.5) is 0 Å². The number of rotatable bonds is 4. The van der Waals surface area contributed by atoms with Gasteiger partial charge in [0.2, 0.25) is 5.91 Å². The maximum absolute atomic E-state index is 13.2. The van der Waals surface area contributed by atoms with Gasteiger partial charge < -0.3 is 14.5 Å². The Morgan fingerprint density at radius 2 is 1.86 bits per heavy atom. The fraction of sp³-hybridized carbons (Fsp3) is 0.600. The first-order valence-corrected chi connectivity index (χ1v) is 10.3. The van der Waals surface area contributed by atoms with E-state index in [4.69, 9.17) is 4.74 Å². The number of amides is 2. The number of carbonyl (C=O) groups is 2. The quantitative estimate of drug-likeness (QED) is 0.799. The maximum atomic E-state index is 13.2. The van der Waals surface area contributed by atoms with Crippen LogP contribution in [0.25, 0.3) is 11.0 Å². The molecule has 3 fully saturated rings. The molecule has 3 aliphatic heterocycles. The van der Waals surface area contributed by atoms with Crippen LogP contribution in [-0.2, 0) is 9.53 Å². The predicted molar refractivity (Wildman–Crippen MR) is 105 cm³/mol. The number of likely N-dealkylation sites (tertiary alicyclic amines) is 2. The first kappa shape index (κ1) is 18.5. The summed E-state index contributed by atoms with van der Waals surface area (Å²) in [6.07, 6.45) is 1.58. The Morgan fingerprint density at radius 3 is 2.72 bits per heavy atom. The molecule has 1 atom stereocenters. The van der Waals surface area contributed by atoms with Crippen molar-refractivity contribution in [1.29, 1.82) is 0 Å². The molecule has 9 heteroatoms. The molecule has 154 valence electrons. The molecular weight excluding hydrogens is 372 g/mol. The zero-order chi connectivity index (χ0) is 19.8. The highest BCUT2D eigenvalue weighted by Crippen LogP contribution is 2.41. The van der Waals surface area contributed by atoms with Gasteiger partial charge in [-0.05, 0) is 31.0 Å². The van der Waals surface area contributed by atoms with Crippen molar-refractivity contribution >= 4 is 22.8 Å². The second-order valence-electron chi connectivity index (χ2n) is 8.28. The third-order valence-electron chi connectivity index (χ3n) is 6.60. The number of carbonyl (C=O) groups excluding carboxylic acids is 2. The van der Waals surface area contributed by atoms with Gasteiger partial charge in [-0.1, -0.05) is 0 Å². The summed E-state index contributed by atoms with van der Waals surface area (Å²) in [5.41, 5.74) is 1.61. The van der Waals surface area contributed by atoms with Gasteiger partial charge >= 0.3 is 0 Å². The normalized spacial score (nSPS) is 25.6. The average Bonchev–Trinajstić information content (AvgIpc) is 3.47. The van der Waals surface area contributed by atoms with Gasteiger partial charge in [0.05, 0.1) is 18.6 Å². The molecule has 0 saturated carbocycles. The van der Waals surface area contributed by atoms with Crippen LogP contribution in [0.5, 0.6) is 0 Å². The number of ether oxygens (including phenoxy) is 1. The van der Waals surface area contributed by atoms with Crippen molar-refractivity contribution in [1.82, 2.24) is 30.1 Å². The summed E-state index contributed by atoms with van der Waals surface area (Å²) >= 11 is 0. The Bertz CT molecular complexity index is 924. The lowest BCUT2D eigenvalue weighted by atomic mass is 9.85. The first-order chi connectivity index (χ1) is 14.1. The SMILES string of the molecule is O=C(c1ccc2n[nH]nc2c1)N1CCC2(CCN(CCN3CCOCC3)C2=O)C1. The van der Waals surface area contributed by atoms with Crippen molar-refractivity contribution in [3.05, 3.63) is 23.8 Å². The molecule has 2 aromatic rings. The van der Waals surface area contributed by atoms with Gasteiger partial charge in [-0.15, -0.1) is 0 Å². The second kappa shape index (κ2) is 7.38. The van der Waals surface area contributed by atoms with E-state index >= 15 is 0 Å². The van der Waals surface area contributed by atoms with Gasteiger partial charge in [0.1, 0.15) is 11.0 Å². The van der Waals surface area contributed by atoms with Crippen LogP contribution in [0.2, 0.25) is 0 Å². The highest BCUT2D eigenvalue weighted by Gasteiger charge is 2.51. The van der Waals surface area contributed by atoms with Gasteiger partial charge in [-0.25, -0.2) is 0 Å². The summed E-state index contributed by atoms with van der Waals surface area (Å²) in [6, 6.07) is 5.34. The van der Waals surface area contributed by atoms with Gasteiger partial charge in [-0.3, -0.25) is 14.5 Å². The van der Waals surface area contributed by atoms with Crippen molar-refractivity contribution in [2.24, 2.45) is 5.41 Å². The number of nitrogens with one attached hydrogen (secondary N) is 1. The van der Waals surface area contributed by atoms with Gasteiger partial charge in [0.15, 0.2) is 0 Å². The zero-order valence-electron chi connectivity index (χ0n) is 16.5. The highest BCUT2D eigenvalue weighted by atomic mass is 16.5. The summed E-state index contributed by atoms with van der Waals surface area (Å²) in [4.78, 5) is 32.3. The minimum absolute atomic E-state index is 0.0358.